The summed E-state index contributed by atoms with van der Waals surface area (Å²) in [6, 6.07) is 16.9. The molecule has 0 aliphatic carbocycles. The topological polar surface area (TPSA) is 71.9 Å². The lowest BCUT2D eigenvalue weighted by Crippen LogP contribution is -2.20. The second-order valence-electron chi connectivity index (χ2n) is 10.0. The number of aliphatic carboxylic acids is 1. The SMILES string of the molecule is COc1cc(-c2ccc([C@@H]3CCc4ccc(CC(C)C(=O)O)cc4O3)cc2CN2CCCC2)ccn1. The van der Waals surface area contributed by atoms with Crippen molar-refractivity contribution in [1.29, 1.82) is 0 Å². The largest absolute Gasteiger partial charge is 0.485 e. The molecule has 1 fully saturated rings. The molecule has 36 heavy (non-hydrogen) atoms. The molecule has 2 aliphatic heterocycles. The van der Waals surface area contributed by atoms with Crippen LogP contribution in [-0.4, -0.2) is 41.2 Å². The first kappa shape index (κ1) is 24.3. The normalized spacial score (nSPS) is 18.3. The molecule has 188 valence electrons. The minimum atomic E-state index is -0.774. The van der Waals surface area contributed by atoms with E-state index in [2.05, 4.69) is 34.1 Å². The zero-order valence-electron chi connectivity index (χ0n) is 21.1. The summed E-state index contributed by atoms with van der Waals surface area (Å²) in [5.74, 6) is 0.299. The first-order chi connectivity index (χ1) is 17.5. The van der Waals surface area contributed by atoms with Gasteiger partial charge in [-0.05, 0) is 90.7 Å². The van der Waals surface area contributed by atoms with Crippen molar-refractivity contribution < 1.29 is 19.4 Å². The van der Waals surface area contributed by atoms with Gasteiger partial charge >= 0.3 is 5.97 Å². The lowest BCUT2D eigenvalue weighted by atomic mass is 9.91. The van der Waals surface area contributed by atoms with Gasteiger partial charge in [-0.3, -0.25) is 9.69 Å². The second kappa shape index (κ2) is 10.7. The van der Waals surface area contributed by atoms with Crippen LogP contribution in [0.5, 0.6) is 11.6 Å². The van der Waals surface area contributed by atoms with Crippen molar-refractivity contribution in [3.63, 3.8) is 0 Å². The zero-order valence-corrected chi connectivity index (χ0v) is 21.1. The number of aryl methyl sites for hydroxylation is 1. The number of fused-ring (bicyclic) bond motifs is 1. The average Bonchev–Trinajstić information content (AvgIpc) is 3.41. The Kier molecular flexibility index (Phi) is 7.23. The van der Waals surface area contributed by atoms with Crippen LogP contribution in [0.3, 0.4) is 0 Å². The maximum Gasteiger partial charge on any atom is 0.306 e. The second-order valence-corrected chi connectivity index (χ2v) is 10.0. The fourth-order valence-corrected chi connectivity index (χ4v) is 5.31. The fourth-order valence-electron chi connectivity index (χ4n) is 5.31. The standard InChI is InChI=1S/C30H34N2O4/c1-20(30(33)34)15-21-5-6-22-8-10-27(36-28(22)16-21)24-7-9-26(23-11-12-31-29(18-23)35-2)25(17-24)19-32-13-3-4-14-32/h5-7,9,11-12,16-18,20,27H,3-4,8,10,13-15,19H2,1-2H3,(H,33,34)/t20?,27-/m0/s1. The van der Waals surface area contributed by atoms with E-state index in [0.717, 1.165) is 49.4 Å². The number of methoxy groups -OCH3 is 1. The Hall–Kier alpha value is -3.38. The third-order valence-corrected chi connectivity index (χ3v) is 7.39. The quantitative estimate of drug-likeness (QED) is 0.442. The summed E-state index contributed by atoms with van der Waals surface area (Å²) in [5, 5.41) is 9.29. The van der Waals surface area contributed by atoms with Gasteiger partial charge in [-0.15, -0.1) is 0 Å². The number of hydrogen-bond donors (Lipinski definition) is 1. The molecular weight excluding hydrogens is 452 g/mol. The molecule has 2 aliphatic rings. The molecule has 6 heteroatoms. The number of aromatic nitrogens is 1. The molecule has 1 N–H and O–H groups in total. The average molecular weight is 487 g/mol. The van der Waals surface area contributed by atoms with Gasteiger partial charge in [0.05, 0.1) is 13.0 Å². The van der Waals surface area contributed by atoms with Gasteiger partial charge in [-0.1, -0.05) is 37.3 Å². The van der Waals surface area contributed by atoms with Gasteiger partial charge in [-0.2, -0.15) is 0 Å². The molecule has 5 rings (SSSR count). The maximum atomic E-state index is 11.3. The molecule has 1 unspecified atom stereocenters. The molecular formula is C30H34N2O4. The van der Waals surface area contributed by atoms with E-state index in [1.807, 2.05) is 24.3 Å². The highest BCUT2D eigenvalue weighted by atomic mass is 16.5. The molecule has 3 aromatic rings. The van der Waals surface area contributed by atoms with Crippen molar-refractivity contribution >= 4 is 5.97 Å². The predicted molar refractivity (Wildman–Crippen MR) is 139 cm³/mol. The number of carboxylic acids is 1. The summed E-state index contributed by atoms with van der Waals surface area (Å²) in [5.41, 5.74) is 6.98. The lowest BCUT2D eigenvalue weighted by Gasteiger charge is -2.28. The molecule has 1 aromatic heterocycles. The Balaban J connectivity index is 1.43. The Morgan fingerprint density at radius 3 is 2.78 bits per heavy atom. The van der Waals surface area contributed by atoms with Gasteiger partial charge in [0, 0.05) is 18.8 Å². The number of nitrogens with zero attached hydrogens (tertiary/aromatic N) is 2. The third kappa shape index (κ3) is 5.39. The van der Waals surface area contributed by atoms with E-state index in [1.54, 1.807) is 20.2 Å². The van der Waals surface area contributed by atoms with Crippen LogP contribution in [-0.2, 0) is 24.2 Å². The maximum absolute atomic E-state index is 11.3. The Morgan fingerprint density at radius 2 is 2.00 bits per heavy atom. The molecule has 1 saturated heterocycles. The van der Waals surface area contributed by atoms with Crippen LogP contribution in [0.1, 0.15) is 54.5 Å². The molecule has 0 radical (unpaired) electrons. The van der Waals surface area contributed by atoms with Crippen molar-refractivity contribution in [3.8, 4) is 22.8 Å². The van der Waals surface area contributed by atoms with Crippen LogP contribution >= 0.6 is 0 Å². The molecule has 3 heterocycles. The van der Waals surface area contributed by atoms with E-state index in [-0.39, 0.29) is 6.10 Å². The lowest BCUT2D eigenvalue weighted by molar-refractivity contribution is -0.141. The summed E-state index contributed by atoms with van der Waals surface area (Å²) in [6.07, 6.45) is 6.64. The van der Waals surface area contributed by atoms with Gasteiger partial charge in [0.2, 0.25) is 5.88 Å². The van der Waals surface area contributed by atoms with Gasteiger partial charge in [0.15, 0.2) is 0 Å². The van der Waals surface area contributed by atoms with Gasteiger partial charge in [0.1, 0.15) is 11.9 Å². The third-order valence-electron chi connectivity index (χ3n) is 7.39. The summed E-state index contributed by atoms with van der Waals surface area (Å²) < 4.78 is 11.9. The molecule has 0 amide bonds. The van der Waals surface area contributed by atoms with Crippen LogP contribution in [0.25, 0.3) is 11.1 Å². The number of benzene rings is 2. The molecule has 0 saturated carbocycles. The number of carbonyl (C=O) groups is 1. The van der Waals surface area contributed by atoms with Gasteiger partial charge in [0.25, 0.3) is 0 Å². The molecule has 2 aromatic carbocycles. The monoisotopic (exact) mass is 486 g/mol. The van der Waals surface area contributed by atoms with Crippen molar-refractivity contribution in [2.45, 2.75) is 51.7 Å². The zero-order chi connectivity index (χ0) is 25.1. The highest BCUT2D eigenvalue weighted by molar-refractivity contribution is 5.70. The first-order valence-corrected chi connectivity index (χ1v) is 12.9. The van der Waals surface area contributed by atoms with Crippen molar-refractivity contribution in [1.82, 2.24) is 9.88 Å². The minimum Gasteiger partial charge on any atom is -0.485 e. The smallest absolute Gasteiger partial charge is 0.306 e. The summed E-state index contributed by atoms with van der Waals surface area (Å²) in [7, 11) is 1.65. The van der Waals surface area contributed by atoms with Gasteiger partial charge < -0.3 is 14.6 Å². The van der Waals surface area contributed by atoms with Crippen LogP contribution in [0.4, 0.5) is 0 Å². The van der Waals surface area contributed by atoms with E-state index in [4.69, 9.17) is 9.47 Å². The Morgan fingerprint density at radius 1 is 1.17 bits per heavy atom. The highest BCUT2D eigenvalue weighted by Crippen LogP contribution is 2.38. The number of carboxylic acid groups (broad SMARTS) is 1. The highest BCUT2D eigenvalue weighted by Gasteiger charge is 2.24. The van der Waals surface area contributed by atoms with E-state index < -0.39 is 11.9 Å². The van der Waals surface area contributed by atoms with Crippen LogP contribution < -0.4 is 9.47 Å². The van der Waals surface area contributed by atoms with Crippen LogP contribution in [0, 0.1) is 5.92 Å². The minimum absolute atomic E-state index is 0.0250. The predicted octanol–water partition coefficient (Wildman–Crippen LogP) is 5.68. The van der Waals surface area contributed by atoms with Crippen LogP contribution in [0.15, 0.2) is 54.7 Å². The van der Waals surface area contributed by atoms with E-state index >= 15 is 0 Å². The van der Waals surface area contributed by atoms with E-state index in [0.29, 0.717) is 12.3 Å². The number of rotatable bonds is 8. The molecule has 2 atom stereocenters. The van der Waals surface area contributed by atoms with Crippen molar-refractivity contribution in [2.24, 2.45) is 5.92 Å². The van der Waals surface area contributed by atoms with E-state index in [1.165, 1.54) is 35.1 Å². The number of pyridine rings is 1. The Bertz CT molecular complexity index is 1240. The summed E-state index contributed by atoms with van der Waals surface area (Å²) >= 11 is 0. The molecule has 6 nitrogen and oxygen atoms in total. The van der Waals surface area contributed by atoms with Gasteiger partial charge in [-0.25, -0.2) is 4.98 Å². The fraction of sp³-hybridized carbons (Fsp3) is 0.400. The van der Waals surface area contributed by atoms with Crippen molar-refractivity contribution in [2.75, 3.05) is 20.2 Å². The number of likely N-dealkylation sites (tertiary alicyclic amines) is 1. The summed E-state index contributed by atoms with van der Waals surface area (Å²) in [6.45, 7) is 4.92. The van der Waals surface area contributed by atoms with Crippen molar-refractivity contribution in [3.05, 3.63) is 77.0 Å². The Labute approximate surface area is 212 Å². The van der Waals surface area contributed by atoms with Crippen LogP contribution in [0.2, 0.25) is 0 Å². The molecule has 0 bridgehead atoms. The first-order valence-electron chi connectivity index (χ1n) is 12.9. The van der Waals surface area contributed by atoms with E-state index in [9.17, 15) is 9.90 Å². The summed E-state index contributed by atoms with van der Waals surface area (Å²) in [4.78, 5) is 18.1. The number of hydrogen-bond acceptors (Lipinski definition) is 5. The number of ether oxygens (including phenoxy) is 2. The molecule has 0 spiro atoms.